The summed E-state index contributed by atoms with van der Waals surface area (Å²) in [5.74, 6) is -0.323. The Bertz CT molecular complexity index is 996. The second kappa shape index (κ2) is 7.56. The van der Waals surface area contributed by atoms with Crippen molar-refractivity contribution < 1.29 is 9.18 Å². The highest BCUT2D eigenvalue weighted by Gasteiger charge is 2.43. The molecule has 0 spiro atoms. The van der Waals surface area contributed by atoms with Gasteiger partial charge < -0.3 is 15.6 Å². The van der Waals surface area contributed by atoms with Crippen LogP contribution in [-0.2, 0) is 11.2 Å². The summed E-state index contributed by atoms with van der Waals surface area (Å²) in [7, 11) is 0. The monoisotopic (exact) mass is 380 g/mol. The maximum absolute atomic E-state index is 14.3. The molecule has 2 aliphatic rings. The minimum atomic E-state index is -0.826. The highest BCUT2D eigenvalue weighted by molar-refractivity contribution is 5.83. The van der Waals surface area contributed by atoms with Crippen LogP contribution in [0.25, 0.3) is 11.3 Å². The number of rotatable bonds is 5. The number of hydrogen-bond acceptors (Lipinski definition) is 4. The first-order chi connectivity index (χ1) is 13.5. The van der Waals surface area contributed by atoms with Gasteiger partial charge in [0.05, 0.1) is 12.1 Å². The molecule has 1 saturated carbocycles. The summed E-state index contributed by atoms with van der Waals surface area (Å²) in [6, 6.07) is 10.6. The molecule has 2 fully saturated rings. The first-order valence-corrected chi connectivity index (χ1v) is 9.47. The third kappa shape index (κ3) is 3.69. The van der Waals surface area contributed by atoms with Gasteiger partial charge in [-0.25, -0.2) is 4.39 Å². The topological polar surface area (TPSA) is 97.8 Å². The Morgan fingerprint density at radius 3 is 2.86 bits per heavy atom. The predicted octanol–water partition coefficient (Wildman–Crippen LogP) is 1.87. The molecule has 0 radical (unpaired) electrons. The van der Waals surface area contributed by atoms with Crippen LogP contribution in [0.5, 0.6) is 0 Å². The molecule has 2 aromatic rings. The minimum absolute atomic E-state index is 0.0554. The molecule has 1 amide bonds. The lowest BCUT2D eigenvalue weighted by Gasteiger charge is -2.23. The number of aromatic nitrogens is 1. The fourth-order valence-electron chi connectivity index (χ4n) is 4.28. The lowest BCUT2D eigenvalue weighted by Crippen LogP contribution is -2.50. The number of halogens is 1. The van der Waals surface area contributed by atoms with Crippen LogP contribution in [0.4, 0.5) is 4.39 Å². The van der Waals surface area contributed by atoms with E-state index >= 15 is 0 Å². The van der Waals surface area contributed by atoms with Gasteiger partial charge in [0.2, 0.25) is 11.5 Å². The standard InChI is InChI=1S/C21H21FN4O2/c22-17-7-5-12(18-2-1-3-19(27)26-18)8-14(17)10-16(11-23)25-21(28)20-13-4-6-15(9-13)24-20/h1-3,5,7-8,13,15-16,20,24H,4,6,9-10H2,(H,25,28)(H,26,27)/t13-,15+,16-,20-/m0/s1. The van der Waals surface area contributed by atoms with E-state index in [-0.39, 0.29) is 23.9 Å². The first kappa shape index (κ1) is 18.4. The second-order valence-electron chi connectivity index (χ2n) is 7.54. The van der Waals surface area contributed by atoms with Crippen LogP contribution in [0, 0.1) is 23.1 Å². The first-order valence-electron chi connectivity index (χ1n) is 9.47. The number of piperidine rings is 1. The van der Waals surface area contributed by atoms with Crippen LogP contribution < -0.4 is 16.2 Å². The molecule has 1 aliphatic carbocycles. The van der Waals surface area contributed by atoms with Crippen molar-refractivity contribution in [2.45, 2.75) is 43.8 Å². The summed E-state index contributed by atoms with van der Waals surface area (Å²) in [4.78, 5) is 26.8. The summed E-state index contributed by atoms with van der Waals surface area (Å²) in [5.41, 5.74) is 1.28. The summed E-state index contributed by atoms with van der Waals surface area (Å²) in [5, 5.41) is 15.5. The third-order valence-corrected chi connectivity index (χ3v) is 5.66. The van der Waals surface area contributed by atoms with E-state index in [9.17, 15) is 19.2 Å². The fourth-order valence-corrected chi connectivity index (χ4v) is 4.28. The average molecular weight is 380 g/mol. The van der Waals surface area contributed by atoms with Crippen molar-refractivity contribution in [3.05, 3.63) is 58.1 Å². The third-order valence-electron chi connectivity index (χ3n) is 5.66. The molecule has 144 valence electrons. The van der Waals surface area contributed by atoms with Gasteiger partial charge in [0.15, 0.2) is 0 Å². The van der Waals surface area contributed by atoms with Crippen molar-refractivity contribution in [3.8, 4) is 17.3 Å². The number of nitrogens with zero attached hydrogens (tertiary/aromatic N) is 1. The number of nitriles is 1. The molecule has 1 aromatic heterocycles. The number of aromatic amines is 1. The number of H-pyrrole nitrogens is 1. The number of pyridine rings is 1. The van der Waals surface area contributed by atoms with E-state index in [1.807, 2.05) is 0 Å². The van der Waals surface area contributed by atoms with Crippen molar-refractivity contribution in [2.24, 2.45) is 5.92 Å². The van der Waals surface area contributed by atoms with Gasteiger partial charge in [-0.15, -0.1) is 0 Å². The summed E-state index contributed by atoms with van der Waals surface area (Å²) < 4.78 is 14.3. The zero-order valence-electron chi connectivity index (χ0n) is 15.2. The van der Waals surface area contributed by atoms with Gasteiger partial charge in [-0.1, -0.05) is 6.07 Å². The zero-order chi connectivity index (χ0) is 19.7. The molecule has 28 heavy (non-hydrogen) atoms. The molecule has 1 saturated heterocycles. The quantitative estimate of drug-likeness (QED) is 0.738. The van der Waals surface area contributed by atoms with Gasteiger partial charge in [0, 0.05) is 24.2 Å². The maximum atomic E-state index is 14.3. The number of fused-ring (bicyclic) bond motifs is 2. The lowest BCUT2D eigenvalue weighted by molar-refractivity contribution is -0.124. The Morgan fingerprint density at radius 1 is 1.32 bits per heavy atom. The van der Waals surface area contributed by atoms with E-state index in [0.29, 0.717) is 28.8 Å². The molecule has 2 heterocycles. The fraction of sp³-hybridized carbons (Fsp3) is 0.381. The molecule has 4 atom stereocenters. The van der Waals surface area contributed by atoms with E-state index < -0.39 is 11.9 Å². The van der Waals surface area contributed by atoms with E-state index in [4.69, 9.17) is 0 Å². The van der Waals surface area contributed by atoms with E-state index in [2.05, 4.69) is 21.7 Å². The van der Waals surface area contributed by atoms with E-state index in [0.717, 1.165) is 19.3 Å². The Kier molecular flexibility index (Phi) is 4.97. The number of hydrogen-bond donors (Lipinski definition) is 3. The van der Waals surface area contributed by atoms with E-state index in [1.54, 1.807) is 24.3 Å². The molecular formula is C21H21FN4O2. The molecule has 7 heteroatoms. The van der Waals surface area contributed by atoms with Gasteiger partial charge in [-0.05, 0) is 60.6 Å². The van der Waals surface area contributed by atoms with Gasteiger partial charge in [-0.3, -0.25) is 9.59 Å². The Balaban J connectivity index is 1.49. The Morgan fingerprint density at radius 2 is 2.18 bits per heavy atom. The zero-order valence-corrected chi connectivity index (χ0v) is 15.2. The van der Waals surface area contributed by atoms with Crippen molar-refractivity contribution in [2.75, 3.05) is 0 Å². The number of amides is 1. The number of nitrogens with one attached hydrogen (secondary N) is 3. The van der Waals surface area contributed by atoms with Crippen LogP contribution in [0.2, 0.25) is 0 Å². The molecule has 4 rings (SSSR count). The minimum Gasteiger partial charge on any atom is -0.339 e. The smallest absolute Gasteiger partial charge is 0.248 e. The Labute approximate surface area is 161 Å². The van der Waals surface area contributed by atoms with Crippen molar-refractivity contribution in [1.82, 2.24) is 15.6 Å². The van der Waals surface area contributed by atoms with Crippen molar-refractivity contribution in [1.29, 1.82) is 5.26 Å². The normalized spacial score (nSPS) is 23.9. The SMILES string of the molecule is N#C[C@H](Cc1cc(-c2cccc(=O)[nH]2)ccc1F)NC(=O)[C@H]1N[C@@H]2CC[C@H]1C2. The van der Waals surface area contributed by atoms with Gasteiger partial charge in [0.25, 0.3) is 0 Å². The molecular weight excluding hydrogens is 359 g/mol. The van der Waals surface area contributed by atoms with Gasteiger partial charge in [0.1, 0.15) is 11.9 Å². The average Bonchev–Trinajstić information content (AvgIpc) is 3.32. The van der Waals surface area contributed by atoms with Crippen LogP contribution in [0.3, 0.4) is 0 Å². The molecule has 2 bridgehead atoms. The van der Waals surface area contributed by atoms with E-state index in [1.165, 1.54) is 12.1 Å². The summed E-state index contributed by atoms with van der Waals surface area (Å²) >= 11 is 0. The Hall–Kier alpha value is -2.98. The molecule has 3 N–H and O–H groups in total. The molecule has 6 nitrogen and oxygen atoms in total. The maximum Gasteiger partial charge on any atom is 0.248 e. The van der Waals surface area contributed by atoms with Crippen LogP contribution in [0.1, 0.15) is 24.8 Å². The predicted molar refractivity (Wildman–Crippen MR) is 102 cm³/mol. The molecule has 1 aliphatic heterocycles. The van der Waals surface area contributed by atoms with Gasteiger partial charge >= 0.3 is 0 Å². The largest absolute Gasteiger partial charge is 0.339 e. The number of benzene rings is 1. The second-order valence-corrected chi connectivity index (χ2v) is 7.54. The van der Waals surface area contributed by atoms with Crippen molar-refractivity contribution in [3.63, 3.8) is 0 Å². The van der Waals surface area contributed by atoms with Crippen LogP contribution >= 0.6 is 0 Å². The van der Waals surface area contributed by atoms with Gasteiger partial charge in [-0.2, -0.15) is 5.26 Å². The summed E-state index contributed by atoms with van der Waals surface area (Å²) in [6.45, 7) is 0. The van der Waals surface area contributed by atoms with Crippen LogP contribution in [0.15, 0.2) is 41.2 Å². The number of carbonyl (C=O) groups is 1. The molecule has 1 aromatic carbocycles. The number of carbonyl (C=O) groups excluding carboxylic acids is 1. The van der Waals surface area contributed by atoms with Crippen LogP contribution in [-0.4, -0.2) is 29.0 Å². The highest BCUT2D eigenvalue weighted by atomic mass is 19.1. The lowest BCUT2D eigenvalue weighted by atomic mass is 9.98. The summed E-state index contributed by atoms with van der Waals surface area (Å²) in [6.07, 6.45) is 3.18. The molecule has 0 unspecified atom stereocenters. The van der Waals surface area contributed by atoms with Crippen molar-refractivity contribution >= 4 is 5.91 Å². The highest BCUT2D eigenvalue weighted by Crippen LogP contribution is 2.35.